The van der Waals surface area contributed by atoms with Gasteiger partial charge in [0, 0.05) is 44.7 Å². The van der Waals surface area contributed by atoms with Crippen molar-refractivity contribution in [2.45, 2.75) is 211 Å². The molecule has 17 atom stereocenters. The molecule has 0 radical (unpaired) electrons. The summed E-state index contributed by atoms with van der Waals surface area (Å²) in [6.07, 6.45) is -0.799. The van der Waals surface area contributed by atoms with E-state index < -0.39 is 97.2 Å². The SMILES string of the molecule is CC[C@H]1OC(=O)[C@H](C)[C@@H](C2C[C@H](C)[C@@H](O)[C@H](C)O2)[C@H](C)[C@@H](O[C@@H]2O[C@H](C)C[C@H](N(C)C)[C@H]2O)[C@](C)(O)CCCN(C(=O)CCCCCCC[P+](c2ccccc2)(c2ccccc2)c2ccc(N(C)C)cc2)[C@H](C)[C@@H](O)[C@]1(C)O. The number of ether oxygens (including phenoxy) is 4. The van der Waals surface area contributed by atoms with E-state index in [4.69, 9.17) is 18.9 Å². The first kappa shape index (κ1) is 63.6. The van der Waals surface area contributed by atoms with Gasteiger partial charge in [-0.15, -0.1) is 0 Å². The maximum atomic E-state index is 14.7. The number of carbonyl (C=O) groups excluding carboxylic acids is 2. The number of rotatable bonds is 17. The maximum Gasteiger partial charge on any atom is 0.309 e. The Balaban J connectivity index is 1.23. The van der Waals surface area contributed by atoms with E-state index in [1.807, 2.05) is 46.7 Å². The van der Waals surface area contributed by atoms with Crippen LogP contribution in [0.3, 0.4) is 0 Å². The van der Waals surface area contributed by atoms with Gasteiger partial charge in [0.05, 0.1) is 54.2 Å². The second-order valence-electron chi connectivity index (χ2n) is 24.4. The van der Waals surface area contributed by atoms with E-state index >= 15 is 0 Å². The molecule has 3 aliphatic heterocycles. The molecule has 15 heteroatoms. The summed E-state index contributed by atoms with van der Waals surface area (Å²) in [6.45, 7) is 16.2. The second-order valence-corrected chi connectivity index (χ2v) is 28.0. The van der Waals surface area contributed by atoms with Crippen LogP contribution in [-0.2, 0) is 28.5 Å². The first-order chi connectivity index (χ1) is 36.9. The molecule has 6 rings (SSSR count). The molecular weight excluding hydrogens is 1010 g/mol. The molecule has 3 fully saturated rings. The summed E-state index contributed by atoms with van der Waals surface area (Å²) in [6, 6.07) is 29.7. The molecule has 0 aliphatic carbocycles. The van der Waals surface area contributed by atoms with Crippen molar-refractivity contribution in [2.75, 3.05) is 45.8 Å². The Hall–Kier alpha value is -3.53. The van der Waals surface area contributed by atoms with Gasteiger partial charge in [-0.3, -0.25) is 9.59 Å². The molecule has 14 nitrogen and oxygen atoms in total. The van der Waals surface area contributed by atoms with Gasteiger partial charge in [-0.1, -0.05) is 76.9 Å². The minimum Gasteiger partial charge on any atom is -0.459 e. The van der Waals surface area contributed by atoms with Gasteiger partial charge in [-0.25, -0.2) is 0 Å². The van der Waals surface area contributed by atoms with Crippen molar-refractivity contribution >= 4 is 40.7 Å². The van der Waals surface area contributed by atoms with E-state index in [-0.39, 0.29) is 49.8 Å². The zero-order valence-corrected chi connectivity index (χ0v) is 50.3. The van der Waals surface area contributed by atoms with Gasteiger partial charge in [-0.05, 0) is 160 Å². The number of nitrogens with zero attached hydrogens (tertiary/aromatic N) is 3. The van der Waals surface area contributed by atoms with E-state index in [0.717, 1.165) is 37.5 Å². The molecule has 3 aromatic carbocycles. The minimum atomic E-state index is -2.02. The van der Waals surface area contributed by atoms with E-state index in [9.17, 15) is 35.1 Å². The fourth-order valence-electron chi connectivity index (χ4n) is 13.3. The van der Waals surface area contributed by atoms with Crippen molar-refractivity contribution in [3.8, 4) is 0 Å². The van der Waals surface area contributed by atoms with Crippen LogP contribution in [0.5, 0.6) is 0 Å². The molecule has 3 aromatic rings. The number of aliphatic hydroxyl groups is 5. The van der Waals surface area contributed by atoms with E-state index in [1.54, 1.807) is 32.6 Å². The lowest BCUT2D eigenvalue weighted by Crippen LogP contribution is -2.60. The highest BCUT2D eigenvalue weighted by Gasteiger charge is 2.53. The molecule has 3 saturated heterocycles. The molecule has 3 heterocycles. The van der Waals surface area contributed by atoms with Crippen LogP contribution in [0.25, 0.3) is 0 Å². The third kappa shape index (κ3) is 14.7. The normalized spacial score (nSPS) is 34.9. The van der Waals surface area contributed by atoms with Crippen molar-refractivity contribution in [2.24, 2.45) is 23.7 Å². The van der Waals surface area contributed by atoms with Crippen LogP contribution in [0.15, 0.2) is 84.9 Å². The van der Waals surface area contributed by atoms with E-state index in [0.29, 0.717) is 25.7 Å². The predicted molar refractivity (Wildman–Crippen MR) is 313 cm³/mol. The predicted octanol–water partition coefficient (Wildman–Crippen LogP) is 7.46. The zero-order valence-electron chi connectivity index (χ0n) is 49.4. The third-order valence-electron chi connectivity index (χ3n) is 18.0. The number of unbranched alkanes of at least 4 members (excludes halogenated alkanes) is 4. The minimum absolute atomic E-state index is 0.135. The van der Waals surface area contributed by atoms with Crippen molar-refractivity contribution < 1.29 is 54.1 Å². The number of esters is 1. The highest BCUT2D eigenvalue weighted by Crippen LogP contribution is 2.56. The van der Waals surface area contributed by atoms with Gasteiger partial charge >= 0.3 is 5.97 Å². The summed E-state index contributed by atoms with van der Waals surface area (Å²) in [4.78, 5) is 35.0. The highest BCUT2D eigenvalue weighted by molar-refractivity contribution is 7.95. The number of carbonyl (C=O) groups is 2. The average Bonchev–Trinajstić information content (AvgIpc) is 3.42. The van der Waals surface area contributed by atoms with Gasteiger partial charge in [0.1, 0.15) is 47.1 Å². The largest absolute Gasteiger partial charge is 0.459 e. The molecule has 3 aliphatic rings. The second kappa shape index (κ2) is 28.0. The lowest BCUT2D eigenvalue weighted by atomic mass is 9.69. The fourth-order valence-corrected chi connectivity index (χ4v) is 17.6. The number of hydrogen-bond donors (Lipinski definition) is 5. The molecule has 0 bridgehead atoms. The van der Waals surface area contributed by atoms with Gasteiger partial charge in [0.25, 0.3) is 0 Å². The van der Waals surface area contributed by atoms with Crippen LogP contribution in [-0.4, -0.2) is 167 Å². The first-order valence-corrected chi connectivity index (χ1v) is 31.2. The molecule has 78 heavy (non-hydrogen) atoms. The summed E-state index contributed by atoms with van der Waals surface area (Å²) in [5, 5.41) is 64.3. The standard InChI is InChI=1S/C63H99N3O11P/c1-14-53-63(9,73)58(70)45(6)66(54(67)31-24-16-15-17-25-38-78(48-27-20-18-21-28-48,49-29-22-19-23-30-49)50-34-32-47(33-35-50)64(10)11)37-26-36-62(8,72)59(77-61-57(69)51(65(12)13)40-42(3)74-61)43(4)55(44(5)60(71)76-53)52-39-41(2)56(68)46(7)75-52/h18-23,27-30,32-35,41-46,51-53,55-59,61,68-70,72-73H,14-17,24-26,31,36-40H2,1-13H3/q+1/t41-,42+,43-,44+,45+,46-,51-,52?,53+,55-,56+,57+,58+,59+,61-,62+,63+/m0/s1. The molecular formula is C63H99N3O11P+. The van der Waals surface area contributed by atoms with Crippen molar-refractivity contribution in [3.05, 3.63) is 84.9 Å². The molecule has 1 unspecified atom stereocenters. The molecule has 0 saturated carbocycles. The quantitative estimate of drug-likeness (QED) is 0.0511. The summed E-state index contributed by atoms with van der Waals surface area (Å²) in [5.74, 6) is -3.15. The maximum absolute atomic E-state index is 14.7. The first-order valence-electron chi connectivity index (χ1n) is 29.3. The summed E-state index contributed by atoms with van der Waals surface area (Å²) in [7, 11) is 5.91. The molecule has 5 N–H and O–H groups in total. The average molecular weight is 1110 g/mol. The third-order valence-corrected chi connectivity index (χ3v) is 22.5. The van der Waals surface area contributed by atoms with Gasteiger partial charge in [0.2, 0.25) is 5.91 Å². The number of benzene rings is 3. The Kier molecular flexibility index (Phi) is 22.8. The van der Waals surface area contributed by atoms with Gasteiger partial charge in [-0.2, -0.15) is 0 Å². The Labute approximate surface area is 468 Å². The Morgan fingerprint density at radius 2 is 1.35 bits per heavy atom. The number of cyclic esters (lactones) is 1. The molecule has 0 aromatic heterocycles. The monoisotopic (exact) mass is 1100 g/mol. The molecule has 0 spiro atoms. The van der Waals surface area contributed by atoms with Crippen LogP contribution in [0.1, 0.15) is 133 Å². The smallest absolute Gasteiger partial charge is 0.309 e. The number of anilines is 1. The van der Waals surface area contributed by atoms with Gasteiger partial charge in [0.15, 0.2) is 6.29 Å². The highest BCUT2D eigenvalue weighted by atomic mass is 31.2. The van der Waals surface area contributed by atoms with Crippen LogP contribution in [0.2, 0.25) is 0 Å². The molecule has 436 valence electrons. The summed E-state index contributed by atoms with van der Waals surface area (Å²) < 4.78 is 26.0. The van der Waals surface area contributed by atoms with E-state index in [1.165, 1.54) is 22.8 Å². The number of amides is 1. The van der Waals surface area contributed by atoms with Crippen LogP contribution < -0.4 is 20.8 Å². The molecule has 1 amide bonds. The summed E-state index contributed by atoms with van der Waals surface area (Å²) in [5.41, 5.74) is -2.42. The number of hydrogen-bond acceptors (Lipinski definition) is 13. The van der Waals surface area contributed by atoms with Gasteiger partial charge < -0.3 is 59.2 Å². The van der Waals surface area contributed by atoms with Crippen molar-refractivity contribution in [1.29, 1.82) is 0 Å². The van der Waals surface area contributed by atoms with Crippen LogP contribution >= 0.6 is 7.26 Å². The topological polar surface area (TPSA) is 182 Å². The lowest BCUT2D eigenvalue weighted by molar-refractivity contribution is -0.300. The fraction of sp³-hybridized carbons (Fsp3) is 0.683. The van der Waals surface area contributed by atoms with Crippen LogP contribution in [0.4, 0.5) is 5.69 Å². The van der Waals surface area contributed by atoms with Crippen molar-refractivity contribution in [3.63, 3.8) is 0 Å². The Bertz CT molecular complexity index is 2250. The Morgan fingerprint density at radius 1 is 0.769 bits per heavy atom. The number of aliphatic hydroxyl groups excluding tert-OH is 3. The summed E-state index contributed by atoms with van der Waals surface area (Å²) >= 11 is 0. The van der Waals surface area contributed by atoms with E-state index in [2.05, 4.69) is 104 Å². The zero-order chi connectivity index (χ0) is 57.3. The Morgan fingerprint density at radius 3 is 1.91 bits per heavy atom. The lowest BCUT2D eigenvalue weighted by Gasteiger charge is -2.49. The number of likely N-dealkylation sites (N-methyl/N-ethyl adjacent to an activating group) is 1. The van der Waals surface area contributed by atoms with Crippen LogP contribution in [0, 0.1) is 23.7 Å². The van der Waals surface area contributed by atoms with Crippen molar-refractivity contribution in [1.82, 2.24) is 9.80 Å².